The van der Waals surface area contributed by atoms with Gasteiger partial charge in [0.2, 0.25) is 5.91 Å². The average Bonchev–Trinajstić information content (AvgIpc) is 3.57. The largest absolute Gasteiger partial charge is 0.479 e. The van der Waals surface area contributed by atoms with Gasteiger partial charge in [-0.2, -0.15) is 5.26 Å². The Labute approximate surface area is 188 Å². The van der Waals surface area contributed by atoms with Crippen molar-refractivity contribution in [3.8, 4) is 29.0 Å². The maximum atomic E-state index is 14.8. The number of rotatable bonds is 6. The Bertz CT molecular complexity index is 1220. The molecule has 3 heterocycles. The Kier molecular flexibility index (Phi) is 5.43. The van der Waals surface area contributed by atoms with E-state index in [9.17, 15) is 19.6 Å². The SMILES string of the molecule is N#C[C@H](Cc1ccc(-n2cc(-c3cnc(O)nc3)nn2)cc1F)NC(=O)[C@H]1N[C@@H]2CC[C@H]1C2. The first-order chi connectivity index (χ1) is 16.0. The van der Waals surface area contributed by atoms with Crippen LogP contribution < -0.4 is 10.6 Å². The average molecular weight is 448 g/mol. The summed E-state index contributed by atoms with van der Waals surface area (Å²) in [5, 5.41) is 32.8. The van der Waals surface area contributed by atoms with Gasteiger partial charge in [-0.1, -0.05) is 11.3 Å². The lowest BCUT2D eigenvalue weighted by Gasteiger charge is -2.23. The minimum absolute atomic E-state index is 0.0582. The van der Waals surface area contributed by atoms with Crippen molar-refractivity contribution in [2.24, 2.45) is 5.92 Å². The van der Waals surface area contributed by atoms with Crippen molar-refractivity contribution in [3.05, 3.63) is 48.2 Å². The number of hydrogen-bond donors (Lipinski definition) is 3. The smallest absolute Gasteiger partial charge is 0.313 e. The number of benzene rings is 1. The molecular formula is C22H21FN8O2. The number of aromatic nitrogens is 5. The minimum Gasteiger partial charge on any atom is -0.479 e. The van der Waals surface area contributed by atoms with Crippen molar-refractivity contribution in [2.45, 2.75) is 43.8 Å². The van der Waals surface area contributed by atoms with Gasteiger partial charge < -0.3 is 15.7 Å². The van der Waals surface area contributed by atoms with E-state index in [4.69, 9.17) is 0 Å². The fourth-order valence-electron chi connectivity index (χ4n) is 4.58. The lowest BCUT2D eigenvalue weighted by Crippen LogP contribution is -2.50. The molecule has 1 aliphatic heterocycles. The van der Waals surface area contributed by atoms with E-state index in [2.05, 4.69) is 37.0 Å². The fourth-order valence-corrected chi connectivity index (χ4v) is 4.58. The van der Waals surface area contributed by atoms with Gasteiger partial charge in [-0.15, -0.1) is 5.10 Å². The molecule has 33 heavy (non-hydrogen) atoms. The molecule has 1 aliphatic carbocycles. The number of nitrogens with zero attached hydrogens (tertiary/aromatic N) is 6. The van der Waals surface area contributed by atoms with Crippen LogP contribution in [0.5, 0.6) is 6.01 Å². The number of hydrogen-bond acceptors (Lipinski definition) is 8. The van der Waals surface area contributed by atoms with Crippen LogP contribution in [0.1, 0.15) is 24.8 Å². The van der Waals surface area contributed by atoms with Gasteiger partial charge in [-0.3, -0.25) is 4.79 Å². The van der Waals surface area contributed by atoms with Crippen LogP contribution in [-0.2, 0) is 11.2 Å². The van der Waals surface area contributed by atoms with Gasteiger partial charge in [0.25, 0.3) is 0 Å². The first-order valence-corrected chi connectivity index (χ1v) is 10.7. The number of aromatic hydroxyl groups is 1. The summed E-state index contributed by atoms with van der Waals surface area (Å²) in [5.41, 5.74) is 1.77. The van der Waals surface area contributed by atoms with E-state index in [-0.39, 0.29) is 24.4 Å². The molecule has 11 heteroatoms. The Hall–Kier alpha value is -3.91. The standard InChI is InChI=1S/C22H21FN8O2/c23-18-7-17(31-11-19(29-30-31)14-9-25-22(33)26-10-14)4-2-12(18)5-16(8-24)28-21(32)20-13-1-3-15(6-13)27-20/h2,4,7,9-11,13,15-16,20,27H,1,3,5-6H2,(H,28,32)(H,25,26,33)/t13-,15+,16-,20-/m0/s1. The zero-order chi connectivity index (χ0) is 22.9. The van der Waals surface area contributed by atoms with Gasteiger partial charge >= 0.3 is 6.01 Å². The maximum Gasteiger partial charge on any atom is 0.313 e. The molecule has 3 aromatic rings. The summed E-state index contributed by atoms with van der Waals surface area (Å²) in [6.07, 6.45) is 7.56. The molecule has 1 aromatic carbocycles. The highest BCUT2D eigenvalue weighted by Crippen LogP contribution is 2.35. The highest BCUT2D eigenvalue weighted by molar-refractivity contribution is 5.83. The quantitative estimate of drug-likeness (QED) is 0.512. The first kappa shape index (κ1) is 21.0. The van der Waals surface area contributed by atoms with Gasteiger partial charge in [-0.25, -0.2) is 19.0 Å². The van der Waals surface area contributed by atoms with Crippen molar-refractivity contribution in [1.29, 1.82) is 5.26 Å². The van der Waals surface area contributed by atoms with Crippen molar-refractivity contribution in [1.82, 2.24) is 35.6 Å². The maximum absolute atomic E-state index is 14.8. The predicted octanol–water partition coefficient (Wildman–Crippen LogP) is 1.26. The van der Waals surface area contributed by atoms with Crippen LogP contribution in [0.4, 0.5) is 4.39 Å². The van der Waals surface area contributed by atoms with Crippen LogP contribution in [0.3, 0.4) is 0 Å². The summed E-state index contributed by atoms with van der Waals surface area (Å²) in [6, 6.07) is 5.54. The van der Waals surface area contributed by atoms with E-state index in [1.165, 1.54) is 23.1 Å². The number of amides is 1. The highest BCUT2D eigenvalue weighted by Gasteiger charge is 2.43. The molecule has 5 rings (SSSR count). The van der Waals surface area contributed by atoms with Crippen LogP contribution in [0, 0.1) is 23.1 Å². The van der Waals surface area contributed by atoms with E-state index in [1.807, 2.05) is 0 Å². The van der Waals surface area contributed by atoms with E-state index in [0.29, 0.717) is 34.5 Å². The minimum atomic E-state index is -0.828. The zero-order valence-electron chi connectivity index (χ0n) is 17.5. The predicted molar refractivity (Wildman–Crippen MR) is 113 cm³/mol. The second-order valence-corrected chi connectivity index (χ2v) is 8.40. The number of nitriles is 1. The number of carbonyl (C=O) groups excluding carboxylic acids is 1. The summed E-state index contributed by atoms with van der Waals surface area (Å²) >= 11 is 0. The summed E-state index contributed by atoms with van der Waals surface area (Å²) in [7, 11) is 0. The summed E-state index contributed by atoms with van der Waals surface area (Å²) in [5.74, 6) is -0.393. The molecule has 2 aromatic heterocycles. The van der Waals surface area contributed by atoms with E-state index in [1.54, 1.807) is 18.3 Å². The summed E-state index contributed by atoms with van der Waals surface area (Å²) in [6.45, 7) is 0. The van der Waals surface area contributed by atoms with Crippen LogP contribution in [0.2, 0.25) is 0 Å². The molecule has 168 valence electrons. The van der Waals surface area contributed by atoms with Crippen LogP contribution >= 0.6 is 0 Å². The van der Waals surface area contributed by atoms with Crippen LogP contribution in [-0.4, -0.2) is 54.1 Å². The molecule has 1 amide bonds. The molecule has 2 fully saturated rings. The van der Waals surface area contributed by atoms with E-state index >= 15 is 0 Å². The Balaban J connectivity index is 1.26. The van der Waals surface area contributed by atoms with Gasteiger partial charge in [-0.05, 0) is 42.9 Å². The number of piperidine rings is 1. The molecule has 0 radical (unpaired) electrons. The molecule has 10 nitrogen and oxygen atoms in total. The lowest BCUT2D eigenvalue weighted by atomic mass is 9.98. The number of carbonyl (C=O) groups is 1. The van der Waals surface area contributed by atoms with Gasteiger partial charge in [0.1, 0.15) is 17.6 Å². The molecule has 0 unspecified atom stereocenters. The highest BCUT2D eigenvalue weighted by atomic mass is 19.1. The third kappa shape index (κ3) is 4.25. The second-order valence-electron chi connectivity index (χ2n) is 8.40. The third-order valence-electron chi connectivity index (χ3n) is 6.27. The normalized spacial score (nSPS) is 22.1. The zero-order valence-corrected chi connectivity index (χ0v) is 17.5. The van der Waals surface area contributed by atoms with Gasteiger partial charge in [0.15, 0.2) is 0 Å². The topological polar surface area (TPSA) is 142 Å². The second kappa shape index (κ2) is 8.55. The third-order valence-corrected chi connectivity index (χ3v) is 6.27. The number of fused-ring (bicyclic) bond motifs is 2. The monoisotopic (exact) mass is 448 g/mol. The summed E-state index contributed by atoms with van der Waals surface area (Å²) in [4.78, 5) is 20.0. The molecule has 2 bridgehead atoms. The van der Waals surface area contributed by atoms with E-state index < -0.39 is 11.9 Å². The van der Waals surface area contributed by atoms with E-state index in [0.717, 1.165) is 19.3 Å². The molecular weight excluding hydrogens is 427 g/mol. The molecule has 2 aliphatic rings. The Morgan fingerprint density at radius 1 is 1.36 bits per heavy atom. The molecule has 1 saturated carbocycles. The Morgan fingerprint density at radius 2 is 2.18 bits per heavy atom. The van der Waals surface area contributed by atoms with Gasteiger partial charge in [0, 0.05) is 30.4 Å². The van der Waals surface area contributed by atoms with Gasteiger partial charge in [0.05, 0.1) is 24.0 Å². The molecule has 1 saturated heterocycles. The molecule has 3 N–H and O–H groups in total. The first-order valence-electron chi connectivity index (χ1n) is 10.7. The molecule has 0 spiro atoms. The summed E-state index contributed by atoms with van der Waals surface area (Å²) < 4.78 is 16.2. The Morgan fingerprint density at radius 3 is 2.85 bits per heavy atom. The lowest BCUT2D eigenvalue weighted by molar-refractivity contribution is -0.124. The van der Waals surface area contributed by atoms with Crippen molar-refractivity contribution >= 4 is 5.91 Å². The molecule has 4 atom stereocenters. The van der Waals surface area contributed by atoms with Crippen molar-refractivity contribution in [3.63, 3.8) is 0 Å². The number of halogens is 1. The van der Waals surface area contributed by atoms with Crippen molar-refractivity contribution < 1.29 is 14.3 Å². The fraction of sp³-hybridized carbons (Fsp3) is 0.364. The van der Waals surface area contributed by atoms with Crippen LogP contribution in [0.25, 0.3) is 16.9 Å². The number of nitrogens with one attached hydrogen (secondary N) is 2. The van der Waals surface area contributed by atoms with Crippen molar-refractivity contribution in [2.75, 3.05) is 0 Å². The van der Waals surface area contributed by atoms with Crippen LogP contribution in [0.15, 0.2) is 36.8 Å².